The molecule has 0 amide bonds. The maximum absolute atomic E-state index is 3.69. The summed E-state index contributed by atoms with van der Waals surface area (Å²) in [7, 11) is 0. The predicted molar refractivity (Wildman–Crippen MR) is 236 cm³/mol. The van der Waals surface area contributed by atoms with E-state index in [4.69, 9.17) is 0 Å². The first-order valence-electron chi connectivity index (χ1n) is 18.5. The molecule has 4 aromatic carbocycles. The van der Waals surface area contributed by atoms with E-state index in [2.05, 4.69) is 156 Å². The van der Waals surface area contributed by atoms with Crippen molar-refractivity contribution in [1.29, 1.82) is 0 Å². The molecule has 0 saturated heterocycles. The number of rotatable bonds is 2. The van der Waals surface area contributed by atoms with Gasteiger partial charge in [0.15, 0.2) is 0 Å². The van der Waals surface area contributed by atoms with Crippen molar-refractivity contribution in [3.63, 3.8) is 0 Å². The molecule has 288 valence electrons. The summed E-state index contributed by atoms with van der Waals surface area (Å²) in [5.74, 6) is 0.587. The predicted octanol–water partition coefficient (Wildman–Crippen LogP) is 14.4. The molecule has 2 aliphatic rings. The summed E-state index contributed by atoms with van der Waals surface area (Å²) in [6.45, 7) is 31.4. The van der Waals surface area contributed by atoms with Crippen LogP contribution in [0.4, 0.5) is 0 Å². The number of fused-ring (bicyclic) bond motifs is 3. The third kappa shape index (κ3) is 16.1. The molecule has 3 heteroatoms. The number of benzene rings is 4. The Labute approximate surface area is 353 Å². The second-order valence-electron chi connectivity index (χ2n) is 16.9. The molecule has 2 aliphatic carbocycles. The van der Waals surface area contributed by atoms with Crippen molar-refractivity contribution < 1.29 is 24.2 Å². The molecule has 1 unspecified atom stereocenters. The molecule has 0 aromatic heterocycles. The van der Waals surface area contributed by atoms with E-state index in [1.54, 1.807) is 0 Å². The quantitative estimate of drug-likeness (QED) is 0.156. The number of halogens is 2. The molecule has 0 N–H and O–H groups in total. The average Bonchev–Trinajstić information content (AvgIpc) is 3.66. The van der Waals surface area contributed by atoms with Gasteiger partial charge in [0.1, 0.15) is 0 Å². The Balaban J connectivity index is 0.000000754. The molecule has 6 rings (SSSR count). The first-order valence-corrected chi connectivity index (χ1v) is 20.3. The topological polar surface area (TPSA) is 0 Å². The molecule has 4 aromatic rings. The van der Waals surface area contributed by atoms with Gasteiger partial charge in [0.2, 0.25) is 0 Å². The van der Waals surface area contributed by atoms with Crippen molar-refractivity contribution in [2.45, 2.75) is 127 Å². The molecule has 0 saturated carbocycles. The summed E-state index contributed by atoms with van der Waals surface area (Å²) < 4.78 is 3.34. The van der Waals surface area contributed by atoms with E-state index in [0.29, 0.717) is 11.3 Å². The third-order valence-corrected chi connectivity index (χ3v) is 9.15. The molecule has 0 nitrogen and oxygen atoms in total. The first kappa shape index (κ1) is 50.7. The van der Waals surface area contributed by atoms with E-state index in [-0.39, 0.29) is 35.6 Å². The number of allylic oxidation sites excluding steroid dienone is 4. The zero-order valence-electron chi connectivity index (χ0n) is 35.2. The minimum absolute atomic E-state index is 0. The second kappa shape index (κ2) is 22.9. The van der Waals surface area contributed by atoms with Crippen LogP contribution >= 0.6 is 24.8 Å². The summed E-state index contributed by atoms with van der Waals surface area (Å²) >= 11 is 1.30. The Kier molecular flexibility index (Phi) is 21.9. The SMILES string of the molecule is CCCC1[C-]=CC(C(C)(C)C)=C1.Cc1[c-]c2c(cc1C(C)(C)C)-c1cc(C(C)(C)C)c(C)cc1C2.Cc1cc[c-]cc1.Cc1cc[c-]cc1.Cl.Cl.[CH2]=[Zr]. The van der Waals surface area contributed by atoms with Crippen LogP contribution in [0.25, 0.3) is 11.1 Å². The van der Waals surface area contributed by atoms with Crippen LogP contribution in [0.1, 0.15) is 127 Å². The van der Waals surface area contributed by atoms with Crippen molar-refractivity contribution in [2.24, 2.45) is 11.3 Å². The van der Waals surface area contributed by atoms with Gasteiger partial charge in [-0.2, -0.15) is 101 Å². The summed E-state index contributed by atoms with van der Waals surface area (Å²) in [6.07, 6.45) is 11.5. The van der Waals surface area contributed by atoms with Gasteiger partial charge in [-0.25, -0.2) is 6.08 Å². The van der Waals surface area contributed by atoms with Gasteiger partial charge in [-0.05, 0) is 35.4 Å². The monoisotopic (exact) mass is 826 g/mol. The van der Waals surface area contributed by atoms with E-state index in [1.807, 2.05) is 48.5 Å². The summed E-state index contributed by atoms with van der Waals surface area (Å²) in [6, 6.07) is 32.6. The van der Waals surface area contributed by atoms with Gasteiger partial charge in [0.25, 0.3) is 0 Å². The van der Waals surface area contributed by atoms with Crippen LogP contribution in [0.2, 0.25) is 0 Å². The van der Waals surface area contributed by atoms with Gasteiger partial charge in [-0.1, -0.05) is 137 Å². The minimum atomic E-state index is 0. The molecule has 0 spiro atoms. The van der Waals surface area contributed by atoms with Crippen LogP contribution in [-0.4, -0.2) is 4.21 Å². The van der Waals surface area contributed by atoms with Gasteiger partial charge in [-0.3, -0.25) is 6.08 Å². The van der Waals surface area contributed by atoms with Crippen LogP contribution in [-0.2, 0) is 41.5 Å². The molecule has 1 atom stereocenters. The van der Waals surface area contributed by atoms with Gasteiger partial charge >= 0.3 is 28.4 Å². The molecule has 0 aliphatic heterocycles. The Morgan fingerprint density at radius 1 is 0.679 bits per heavy atom. The maximum atomic E-state index is 3.69. The Morgan fingerprint density at radius 3 is 1.53 bits per heavy atom. The van der Waals surface area contributed by atoms with Crippen molar-refractivity contribution >= 4 is 29.0 Å². The van der Waals surface area contributed by atoms with Crippen LogP contribution in [0.15, 0.2) is 84.5 Å². The fraction of sp³-hybridized carbons (Fsp3) is 0.420. The van der Waals surface area contributed by atoms with E-state index in [1.165, 1.54) is 98.3 Å². The zero-order chi connectivity index (χ0) is 38.6. The van der Waals surface area contributed by atoms with Crippen molar-refractivity contribution in [1.82, 2.24) is 0 Å². The molecular weight excluding hydrogens is 763 g/mol. The fourth-order valence-corrected chi connectivity index (χ4v) is 6.42. The molecule has 0 heterocycles. The van der Waals surface area contributed by atoms with Gasteiger partial charge in [0.05, 0.1) is 0 Å². The van der Waals surface area contributed by atoms with Crippen molar-refractivity contribution in [2.75, 3.05) is 0 Å². The van der Waals surface area contributed by atoms with Crippen molar-refractivity contribution in [3.05, 3.63) is 153 Å². The van der Waals surface area contributed by atoms with Crippen LogP contribution in [0.3, 0.4) is 0 Å². The summed E-state index contributed by atoms with van der Waals surface area (Å²) in [5.41, 5.74) is 15.9. The van der Waals surface area contributed by atoms with E-state index in [0.717, 1.165) is 6.42 Å². The standard InChI is InChI=1S/C23H29.C12H19.2C7H7.CH2.2ClH.Zr/c1-14-9-16-11-17-10-15(2)21(23(6,7)8)13-19(17)18(16)12-20(14)22(3,4)5;1-5-6-10-7-8-11(9-10)12(2,3)4;2*1-7-5-3-2-4-6-7;;;;/h9,12-13H,11H2,1-8H3;8-10H,5-6H2,1-4H3;2*3-6H,1H3;1H2;2*1H;/q4*-1;;;;. The van der Waals surface area contributed by atoms with E-state index in [9.17, 15) is 0 Å². The van der Waals surface area contributed by atoms with Crippen LogP contribution in [0, 0.1) is 63.3 Å². The van der Waals surface area contributed by atoms with Crippen molar-refractivity contribution in [3.8, 4) is 11.1 Å². The van der Waals surface area contributed by atoms with E-state index >= 15 is 0 Å². The Bertz CT molecular complexity index is 1620. The van der Waals surface area contributed by atoms with Crippen LogP contribution in [0.5, 0.6) is 0 Å². The Morgan fingerprint density at radius 2 is 1.15 bits per heavy atom. The molecule has 0 fully saturated rings. The normalized spacial score (nSPS) is 13.6. The molecular formula is C50H66Cl2Zr-4. The number of hydrogen-bond acceptors (Lipinski definition) is 0. The zero-order valence-corrected chi connectivity index (χ0v) is 39.3. The first-order chi connectivity index (χ1) is 23.8. The fourth-order valence-electron chi connectivity index (χ4n) is 6.42. The number of hydrogen-bond donors (Lipinski definition) is 0. The van der Waals surface area contributed by atoms with E-state index < -0.39 is 0 Å². The Hall–Kier alpha value is -2.31. The second-order valence-corrected chi connectivity index (χ2v) is 16.9. The molecule has 0 bridgehead atoms. The average molecular weight is 829 g/mol. The number of aryl methyl sites for hydroxylation is 4. The van der Waals surface area contributed by atoms with Gasteiger partial charge in [-0.15, -0.1) is 41.5 Å². The third-order valence-electron chi connectivity index (χ3n) is 9.15. The molecule has 53 heavy (non-hydrogen) atoms. The van der Waals surface area contributed by atoms with Gasteiger partial charge in [0, 0.05) is 0 Å². The van der Waals surface area contributed by atoms with Gasteiger partial charge < -0.3 is 0 Å². The molecule has 0 radical (unpaired) electrons. The summed E-state index contributed by atoms with van der Waals surface area (Å²) in [5, 5.41) is 0. The summed E-state index contributed by atoms with van der Waals surface area (Å²) in [4.78, 5) is 0. The van der Waals surface area contributed by atoms with Crippen LogP contribution < -0.4 is 0 Å².